The lowest BCUT2D eigenvalue weighted by Gasteiger charge is -2.26. The minimum absolute atomic E-state index is 0.000787. The summed E-state index contributed by atoms with van der Waals surface area (Å²) < 4.78 is 0. The van der Waals surface area contributed by atoms with Gasteiger partial charge in [0.05, 0.1) is 16.8 Å². The van der Waals surface area contributed by atoms with Crippen LogP contribution in [0.25, 0.3) is 10.2 Å². The molecule has 1 fully saturated rings. The average molecular weight is 302 g/mol. The second kappa shape index (κ2) is 4.70. The number of hydrogen-bond acceptors (Lipinski definition) is 4. The van der Waals surface area contributed by atoms with E-state index in [0.29, 0.717) is 16.3 Å². The van der Waals surface area contributed by atoms with Crippen molar-refractivity contribution in [2.45, 2.75) is 19.3 Å². The Kier molecular flexibility index (Phi) is 2.81. The van der Waals surface area contributed by atoms with Gasteiger partial charge < -0.3 is 15.5 Å². The van der Waals surface area contributed by atoms with Crippen LogP contribution in [0.3, 0.4) is 0 Å². The van der Waals surface area contributed by atoms with Gasteiger partial charge >= 0.3 is 6.03 Å². The van der Waals surface area contributed by atoms with Gasteiger partial charge in [-0.3, -0.25) is 4.79 Å². The Morgan fingerprint density at radius 2 is 2.05 bits per heavy atom. The number of hydrogen-bond donors (Lipinski definition) is 2. The third kappa shape index (κ3) is 1.96. The van der Waals surface area contributed by atoms with Crippen molar-refractivity contribution in [2.24, 2.45) is 0 Å². The number of amides is 3. The number of nitrogens with one attached hydrogen (secondary N) is 2. The third-order valence-electron chi connectivity index (χ3n) is 3.92. The van der Waals surface area contributed by atoms with Crippen molar-refractivity contribution in [3.63, 3.8) is 0 Å². The fraction of sp³-hybridized carbons (Fsp3) is 0.357. The smallest absolute Gasteiger partial charge is 0.323 e. The number of rotatable bonds is 1. The molecule has 0 bridgehead atoms. The van der Waals surface area contributed by atoms with Gasteiger partial charge in [-0.05, 0) is 25.3 Å². The number of piperidine rings is 1. The van der Waals surface area contributed by atoms with Gasteiger partial charge in [0.25, 0.3) is 5.91 Å². The van der Waals surface area contributed by atoms with Crippen LogP contribution in [-0.2, 0) is 0 Å². The van der Waals surface area contributed by atoms with Crippen molar-refractivity contribution in [1.82, 2.24) is 9.88 Å². The molecule has 0 unspecified atom stereocenters. The minimum atomic E-state index is -0.305. The number of pyridine rings is 1. The largest absolute Gasteiger partial charge is 0.338 e. The minimum Gasteiger partial charge on any atom is -0.338 e. The molecule has 0 aromatic carbocycles. The zero-order valence-corrected chi connectivity index (χ0v) is 12.1. The summed E-state index contributed by atoms with van der Waals surface area (Å²) in [6, 6.07) is 1.45. The van der Waals surface area contributed by atoms with Crippen LogP contribution >= 0.6 is 11.3 Å². The number of nitrogens with zero attached hydrogens (tertiary/aromatic N) is 2. The summed E-state index contributed by atoms with van der Waals surface area (Å²) in [5, 5.41) is 6.35. The number of aromatic nitrogens is 1. The monoisotopic (exact) mass is 302 g/mol. The Hall–Kier alpha value is -2.15. The lowest BCUT2D eigenvalue weighted by atomic mass is 10.1. The lowest BCUT2D eigenvalue weighted by Crippen LogP contribution is -2.36. The Morgan fingerprint density at radius 1 is 1.24 bits per heavy atom. The molecule has 0 saturated carbocycles. The second-order valence-electron chi connectivity index (χ2n) is 5.28. The number of carbonyl (C=O) groups is 2. The Labute approximate surface area is 125 Å². The highest BCUT2D eigenvalue weighted by molar-refractivity contribution is 7.21. The van der Waals surface area contributed by atoms with E-state index in [-0.39, 0.29) is 11.9 Å². The predicted molar refractivity (Wildman–Crippen MR) is 82.0 cm³/mol. The molecule has 2 aromatic heterocycles. The summed E-state index contributed by atoms with van der Waals surface area (Å²) in [5.41, 5.74) is 1.32. The number of carbonyl (C=O) groups excluding carboxylic acids is 2. The van der Waals surface area contributed by atoms with Gasteiger partial charge in [0.15, 0.2) is 0 Å². The highest BCUT2D eigenvalue weighted by Crippen LogP contribution is 2.41. The quantitative estimate of drug-likeness (QED) is 0.850. The molecule has 2 aliphatic heterocycles. The topological polar surface area (TPSA) is 74.3 Å². The second-order valence-corrected chi connectivity index (χ2v) is 6.28. The molecular formula is C14H14N4O2S. The molecule has 1 saturated heterocycles. The van der Waals surface area contributed by atoms with E-state index in [1.165, 1.54) is 17.8 Å². The molecule has 108 valence electrons. The summed E-state index contributed by atoms with van der Waals surface area (Å²) in [5.74, 6) is 0.000787. The van der Waals surface area contributed by atoms with Crippen LogP contribution in [0, 0.1) is 0 Å². The molecule has 2 N–H and O–H groups in total. The van der Waals surface area contributed by atoms with E-state index in [4.69, 9.17) is 0 Å². The van der Waals surface area contributed by atoms with Gasteiger partial charge in [0.1, 0.15) is 9.71 Å². The summed E-state index contributed by atoms with van der Waals surface area (Å²) in [6.07, 6.45) is 4.92. The Bertz CT molecular complexity index is 749. The van der Waals surface area contributed by atoms with Crippen LogP contribution in [0.5, 0.6) is 0 Å². The van der Waals surface area contributed by atoms with Gasteiger partial charge in [-0.1, -0.05) is 0 Å². The van der Waals surface area contributed by atoms with E-state index in [1.807, 2.05) is 4.90 Å². The summed E-state index contributed by atoms with van der Waals surface area (Å²) >= 11 is 1.35. The van der Waals surface area contributed by atoms with E-state index in [1.54, 1.807) is 12.3 Å². The maximum absolute atomic E-state index is 12.7. The molecule has 0 spiro atoms. The van der Waals surface area contributed by atoms with Crippen molar-refractivity contribution in [3.8, 4) is 0 Å². The van der Waals surface area contributed by atoms with Crippen LogP contribution in [-0.4, -0.2) is 34.9 Å². The fourth-order valence-electron chi connectivity index (χ4n) is 2.90. The van der Waals surface area contributed by atoms with E-state index >= 15 is 0 Å². The van der Waals surface area contributed by atoms with Crippen LogP contribution in [0.4, 0.5) is 16.2 Å². The van der Waals surface area contributed by atoms with E-state index in [9.17, 15) is 9.59 Å². The van der Waals surface area contributed by atoms with Crippen molar-refractivity contribution in [1.29, 1.82) is 0 Å². The summed E-state index contributed by atoms with van der Waals surface area (Å²) in [4.78, 5) is 32.0. The zero-order chi connectivity index (χ0) is 14.4. The number of urea groups is 1. The molecule has 6 nitrogen and oxygen atoms in total. The molecular weight excluding hydrogens is 288 g/mol. The molecule has 0 atom stereocenters. The summed E-state index contributed by atoms with van der Waals surface area (Å²) in [7, 11) is 0. The molecule has 0 aliphatic carbocycles. The van der Waals surface area contributed by atoms with Crippen molar-refractivity contribution < 1.29 is 9.59 Å². The zero-order valence-electron chi connectivity index (χ0n) is 11.3. The van der Waals surface area contributed by atoms with Crippen molar-refractivity contribution in [2.75, 3.05) is 23.7 Å². The number of thiophene rings is 1. The molecule has 21 heavy (non-hydrogen) atoms. The lowest BCUT2D eigenvalue weighted by molar-refractivity contribution is 0.0730. The first-order valence-electron chi connectivity index (χ1n) is 7.03. The molecule has 2 aliphatic rings. The van der Waals surface area contributed by atoms with E-state index in [2.05, 4.69) is 15.6 Å². The normalized spacial score (nSPS) is 17.5. The molecule has 7 heteroatoms. The molecule has 0 radical (unpaired) electrons. The molecule has 2 aromatic rings. The number of anilines is 2. The van der Waals surface area contributed by atoms with Crippen LogP contribution in [0.2, 0.25) is 0 Å². The van der Waals surface area contributed by atoms with Gasteiger partial charge in [-0.15, -0.1) is 11.3 Å². The first-order valence-corrected chi connectivity index (χ1v) is 7.84. The Balaban J connectivity index is 1.83. The maximum atomic E-state index is 12.7. The molecule has 4 rings (SSSR count). The van der Waals surface area contributed by atoms with Crippen molar-refractivity contribution >= 4 is 44.9 Å². The third-order valence-corrected chi connectivity index (χ3v) is 5.00. The SMILES string of the molecule is O=C1Nc2ccnc3sc(C(=O)N4CCCCC4)c(c23)N1. The average Bonchev–Trinajstić information content (AvgIpc) is 2.87. The van der Waals surface area contributed by atoms with Crippen LogP contribution < -0.4 is 10.6 Å². The maximum Gasteiger partial charge on any atom is 0.323 e. The molecule has 3 amide bonds. The van der Waals surface area contributed by atoms with Gasteiger partial charge in [-0.25, -0.2) is 9.78 Å². The highest BCUT2D eigenvalue weighted by atomic mass is 32.1. The Morgan fingerprint density at radius 3 is 2.86 bits per heavy atom. The van der Waals surface area contributed by atoms with Crippen LogP contribution in [0.1, 0.15) is 28.9 Å². The molecule has 4 heterocycles. The van der Waals surface area contributed by atoms with Gasteiger partial charge in [-0.2, -0.15) is 0 Å². The fourth-order valence-corrected chi connectivity index (χ4v) is 4.00. The summed E-state index contributed by atoms with van der Waals surface area (Å²) in [6.45, 7) is 1.58. The van der Waals surface area contributed by atoms with Crippen molar-refractivity contribution in [3.05, 3.63) is 17.1 Å². The standard InChI is InChI=1S/C14H14N4O2S/c19-13(18-6-2-1-3-7-18)11-10-9-8(16-14(20)17-10)4-5-15-12(9)21-11/h4-5H,1-3,6-7H2,(H2,16,17,20). The highest BCUT2D eigenvalue weighted by Gasteiger charge is 2.29. The first-order chi connectivity index (χ1) is 10.2. The van der Waals surface area contributed by atoms with E-state index < -0.39 is 0 Å². The van der Waals surface area contributed by atoms with Gasteiger partial charge in [0, 0.05) is 19.3 Å². The number of likely N-dealkylation sites (tertiary alicyclic amines) is 1. The predicted octanol–water partition coefficient (Wildman–Crippen LogP) is 2.88. The van der Waals surface area contributed by atoms with Gasteiger partial charge in [0.2, 0.25) is 0 Å². The van der Waals surface area contributed by atoms with E-state index in [0.717, 1.165) is 36.1 Å². The van der Waals surface area contributed by atoms with Crippen LogP contribution in [0.15, 0.2) is 12.3 Å². The first kappa shape index (κ1) is 12.6.